The summed E-state index contributed by atoms with van der Waals surface area (Å²) >= 11 is 7.39. The lowest BCUT2D eigenvalue weighted by atomic mass is 10.1. The standard InChI is InChI=1S/C19H20ClN3O2S/c1-4-14(16(21)24)23-17(10(2)3)22-18-15(19(23)25)13(9-26-18)11-5-7-12(20)8-6-11/h5-10,14H,4H2,1-3H3,(H2,21,24). The van der Waals surface area contributed by atoms with Gasteiger partial charge in [-0.05, 0) is 24.1 Å². The largest absolute Gasteiger partial charge is 0.368 e. The molecule has 2 aromatic heterocycles. The van der Waals surface area contributed by atoms with Crippen molar-refractivity contribution in [2.75, 3.05) is 0 Å². The summed E-state index contributed by atoms with van der Waals surface area (Å²) in [6, 6.07) is 6.60. The van der Waals surface area contributed by atoms with E-state index in [1.165, 1.54) is 15.9 Å². The number of fused-ring (bicyclic) bond motifs is 1. The Morgan fingerprint density at radius 3 is 2.50 bits per heavy atom. The van der Waals surface area contributed by atoms with Gasteiger partial charge in [0, 0.05) is 21.9 Å². The zero-order valence-corrected chi connectivity index (χ0v) is 16.4. The Balaban J connectivity index is 2.35. The van der Waals surface area contributed by atoms with Crippen LogP contribution < -0.4 is 11.3 Å². The Labute approximate surface area is 160 Å². The van der Waals surface area contributed by atoms with Gasteiger partial charge in [-0.15, -0.1) is 11.3 Å². The van der Waals surface area contributed by atoms with Gasteiger partial charge in [-0.2, -0.15) is 0 Å². The minimum Gasteiger partial charge on any atom is -0.368 e. The highest BCUT2D eigenvalue weighted by atomic mass is 35.5. The summed E-state index contributed by atoms with van der Waals surface area (Å²) in [5.74, 6) is 0.0418. The van der Waals surface area contributed by atoms with Crippen molar-refractivity contribution in [1.29, 1.82) is 0 Å². The molecule has 5 nitrogen and oxygen atoms in total. The Morgan fingerprint density at radius 2 is 1.96 bits per heavy atom. The summed E-state index contributed by atoms with van der Waals surface area (Å²) in [7, 11) is 0. The van der Waals surface area contributed by atoms with E-state index in [1.807, 2.05) is 38.3 Å². The third-order valence-electron chi connectivity index (χ3n) is 4.37. The molecule has 7 heteroatoms. The number of carbonyl (C=O) groups excluding carboxylic acids is 1. The highest BCUT2D eigenvalue weighted by Gasteiger charge is 2.25. The molecule has 0 aliphatic rings. The molecule has 0 aliphatic heterocycles. The van der Waals surface area contributed by atoms with Gasteiger partial charge >= 0.3 is 0 Å². The van der Waals surface area contributed by atoms with Crippen molar-refractivity contribution < 1.29 is 4.79 Å². The second-order valence-electron chi connectivity index (χ2n) is 6.46. The van der Waals surface area contributed by atoms with Crippen molar-refractivity contribution in [3.8, 4) is 11.1 Å². The van der Waals surface area contributed by atoms with Crippen LogP contribution in [-0.4, -0.2) is 15.5 Å². The topological polar surface area (TPSA) is 78.0 Å². The molecule has 0 bridgehead atoms. The first-order valence-corrected chi connectivity index (χ1v) is 9.69. The lowest BCUT2D eigenvalue weighted by Crippen LogP contribution is -2.36. The van der Waals surface area contributed by atoms with Gasteiger partial charge in [-0.25, -0.2) is 4.98 Å². The van der Waals surface area contributed by atoms with E-state index < -0.39 is 11.9 Å². The fourth-order valence-corrected chi connectivity index (χ4v) is 4.15. The SMILES string of the molecule is CCC(C(N)=O)n1c(C(C)C)nc2scc(-c3ccc(Cl)cc3)c2c1=O. The first-order chi connectivity index (χ1) is 12.3. The van der Waals surface area contributed by atoms with Crippen molar-refractivity contribution in [3.05, 3.63) is 50.8 Å². The van der Waals surface area contributed by atoms with Crippen molar-refractivity contribution in [1.82, 2.24) is 9.55 Å². The van der Waals surface area contributed by atoms with Gasteiger partial charge in [0.15, 0.2) is 0 Å². The van der Waals surface area contributed by atoms with Crippen LogP contribution in [0.5, 0.6) is 0 Å². The molecule has 0 saturated carbocycles. The number of aromatic nitrogens is 2. The zero-order chi connectivity index (χ0) is 19.0. The molecule has 0 radical (unpaired) electrons. The average Bonchev–Trinajstić information content (AvgIpc) is 3.01. The molecule has 2 heterocycles. The van der Waals surface area contributed by atoms with Crippen LogP contribution in [-0.2, 0) is 4.79 Å². The lowest BCUT2D eigenvalue weighted by Gasteiger charge is -2.21. The number of hydrogen-bond donors (Lipinski definition) is 1. The molecular weight excluding hydrogens is 370 g/mol. The molecule has 1 unspecified atom stereocenters. The van der Waals surface area contributed by atoms with Gasteiger partial charge < -0.3 is 5.73 Å². The number of benzene rings is 1. The normalized spacial score (nSPS) is 12.7. The van der Waals surface area contributed by atoms with E-state index in [4.69, 9.17) is 22.3 Å². The number of nitrogens with two attached hydrogens (primary N) is 1. The van der Waals surface area contributed by atoms with E-state index in [9.17, 15) is 9.59 Å². The Hall–Kier alpha value is -2.18. The number of nitrogens with zero attached hydrogens (tertiary/aromatic N) is 2. The van der Waals surface area contributed by atoms with Crippen LogP contribution in [0.3, 0.4) is 0 Å². The monoisotopic (exact) mass is 389 g/mol. The third-order valence-corrected chi connectivity index (χ3v) is 5.49. The summed E-state index contributed by atoms with van der Waals surface area (Å²) in [4.78, 5) is 30.7. The van der Waals surface area contributed by atoms with Crippen LogP contribution in [0, 0.1) is 0 Å². The van der Waals surface area contributed by atoms with Gasteiger partial charge in [0.2, 0.25) is 5.91 Å². The van der Waals surface area contributed by atoms with Crippen molar-refractivity contribution in [2.45, 2.75) is 39.2 Å². The number of carbonyl (C=O) groups is 1. The highest BCUT2D eigenvalue weighted by Crippen LogP contribution is 2.33. The Kier molecular flexibility index (Phi) is 5.16. The van der Waals surface area contributed by atoms with Gasteiger partial charge in [-0.1, -0.05) is 44.5 Å². The minimum atomic E-state index is -0.713. The predicted molar refractivity (Wildman–Crippen MR) is 107 cm³/mol. The van der Waals surface area contributed by atoms with E-state index >= 15 is 0 Å². The van der Waals surface area contributed by atoms with Crippen LogP contribution in [0.1, 0.15) is 45.0 Å². The van der Waals surface area contributed by atoms with Gasteiger partial charge in [0.1, 0.15) is 16.7 Å². The van der Waals surface area contributed by atoms with Crippen LogP contribution in [0.25, 0.3) is 21.3 Å². The van der Waals surface area contributed by atoms with Gasteiger partial charge in [-0.3, -0.25) is 14.2 Å². The molecule has 3 aromatic rings. The van der Waals surface area contributed by atoms with Crippen LogP contribution in [0.2, 0.25) is 5.02 Å². The number of hydrogen-bond acceptors (Lipinski definition) is 4. The fourth-order valence-electron chi connectivity index (χ4n) is 3.08. The van der Waals surface area contributed by atoms with E-state index in [2.05, 4.69) is 0 Å². The maximum Gasteiger partial charge on any atom is 0.263 e. The van der Waals surface area contributed by atoms with Gasteiger partial charge in [0.25, 0.3) is 5.56 Å². The molecule has 1 atom stereocenters. The molecule has 26 heavy (non-hydrogen) atoms. The number of thiophene rings is 1. The summed E-state index contributed by atoms with van der Waals surface area (Å²) in [5.41, 5.74) is 7.02. The second kappa shape index (κ2) is 7.21. The number of halogens is 1. The molecule has 2 N–H and O–H groups in total. The van der Waals surface area contributed by atoms with Crippen LogP contribution >= 0.6 is 22.9 Å². The van der Waals surface area contributed by atoms with Gasteiger partial charge in [0.05, 0.1) is 5.39 Å². The molecule has 0 aliphatic carbocycles. The molecule has 0 saturated heterocycles. The van der Waals surface area contributed by atoms with Crippen LogP contribution in [0.4, 0.5) is 0 Å². The quantitative estimate of drug-likeness (QED) is 0.705. The lowest BCUT2D eigenvalue weighted by molar-refractivity contribution is -0.121. The van der Waals surface area contributed by atoms with Crippen molar-refractivity contribution in [3.63, 3.8) is 0 Å². The molecule has 0 fully saturated rings. The maximum absolute atomic E-state index is 13.4. The summed E-state index contributed by atoms with van der Waals surface area (Å²) in [5, 5.41) is 3.06. The van der Waals surface area contributed by atoms with Crippen molar-refractivity contribution in [2.24, 2.45) is 5.73 Å². The first kappa shape index (κ1) is 18.6. The maximum atomic E-state index is 13.4. The molecule has 1 aromatic carbocycles. The first-order valence-electron chi connectivity index (χ1n) is 8.44. The Bertz CT molecular complexity index is 1020. The smallest absolute Gasteiger partial charge is 0.263 e. The minimum absolute atomic E-state index is 0.0124. The molecule has 136 valence electrons. The Morgan fingerprint density at radius 1 is 1.31 bits per heavy atom. The van der Waals surface area contributed by atoms with Crippen LogP contribution in [0.15, 0.2) is 34.4 Å². The summed E-state index contributed by atoms with van der Waals surface area (Å²) in [6.45, 7) is 5.74. The van der Waals surface area contributed by atoms with E-state index in [-0.39, 0.29) is 11.5 Å². The fraction of sp³-hybridized carbons (Fsp3) is 0.316. The van der Waals surface area contributed by atoms with E-state index in [0.717, 1.165) is 11.1 Å². The predicted octanol–water partition coefficient (Wildman–Crippen LogP) is 4.34. The third kappa shape index (κ3) is 3.15. The highest BCUT2D eigenvalue weighted by molar-refractivity contribution is 7.17. The average molecular weight is 390 g/mol. The number of rotatable bonds is 5. The summed E-state index contributed by atoms with van der Waals surface area (Å²) in [6.07, 6.45) is 0.433. The molecule has 0 spiro atoms. The zero-order valence-electron chi connectivity index (χ0n) is 14.8. The van der Waals surface area contributed by atoms with Crippen molar-refractivity contribution >= 4 is 39.1 Å². The van der Waals surface area contributed by atoms with E-state index in [1.54, 1.807) is 12.1 Å². The molecule has 1 amide bonds. The molecule has 3 rings (SSSR count). The second-order valence-corrected chi connectivity index (χ2v) is 7.76. The summed E-state index contributed by atoms with van der Waals surface area (Å²) < 4.78 is 1.47. The number of amides is 1. The van der Waals surface area contributed by atoms with E-state index in [0.29, 0.717) is 27.5 Å². The molecular formula is C19H20ClN3O2S. The number of primary amides is 1.